The average molecular weight is 507 g/mol. The fourth-order valence-electron chi connectivity index (χ4n) is 5.79. The summed E-state index contributed by atoms with van der Waals surface area (Å²) in [5.74, 6) is -0.390. The number of carbonyl (C=O) groups is 2. The van der Waals surface area contributed by atoms with E-state index in [1.54, 1.807) is 23.6 Å². The number of halogens is 2. The summed E-state index contributed by atoms with van der Waals surface area (Å²) < 4.78 is 29.7. The molecular weight excluding hydrogens is 478 g/mol. The number of nitriles is 1. The van der Waals surface area contributed by atoms with E-state index in [0.717, 1.165) is 38.6 Å². The van der Waals surface area contributed by atoms with Gasteiger partial charge in [-0.1, -0.05) is 0 Å². The van der Waals surface area contributed by atoms with Gasteiger partial charge in [0.2, 0.25) is 0 Å². The highest BCUT2D eigenvalue weighted by Crippen LogP contribution is 2.70. The number of nitrogens with one attached hydrogen (secondary N) is 2. The topological polar surface area (TPSA) is 112 Å². The summed E-state index contributed by atoms with van der Waals surface area (Å²) in [6, 6.07) is 9.19. The van der Waals surface area contributed by atoms with Crippen LogP contribution in [0.25, 0.3) is 16.9 Å². The van der Waals surface area contributed by atoms with Crippen molar-refractivity contribution in [1.82, 2.24) is 19.9 Å². The molecule has 0 spiro atoms. The number of alkyl halides is 2. The van der Waals surface area contributed by atoms with Crippen molar-refractivity contribution in [2.75, 3.05) is 11.9 Å². The molecule has 0 unspecified atom stereocenters. The summed E-state index contributed by atoms with van der Waals surface area (Å²) >= 11 is 0. The molecule has 3 heterocycles. The Balaban J connectivity index is 1.44. The highest BCUT2D eigenvalue weighted by molar-refractivity contribution is 6.00. The minimum atomic E-state index is -2.08. The zero-order chi connectivity index (χ0) is 26.6. The molecule has 0 aliphatic heterocycles. The Labute approximate surface area is 213 Å². The van der Waals surface area contributed by atoms with Crippen LogP contribution in [0.3, 0.4) is 0 Å². The molecule has 3 saturated carbocycles. The van der Waals surface area contributed by atoms with Gasteiger partial charge in [0.05, 0.1) is 46.5 Å². The van der Waals surface area contributed by atoms with Gasteiger partial charge in [0.15, 0.2) is 6.17 Å². The maximum absolute atomic E-state index is 14.1. The monoisotopic (exact) mass is 506 g/mol. The molecule has 3 fully saturated rings. The fraction of sp³-hybridized carbons (Fsp3) is 0.444. The van der Waals surface area contributed by atoms with E-state index in [2.05, 4.69) is 26.8 Å². The normalized spacial score (nSPS) is 22.9. The number of fused-ring (bicyclic) bond motifs is 1. The maximum atomic E-state index is 14.1. The molecule has 0 radical (unpaired) electrons. The fourth-order valence-corrected chi connectivity index (χ4v) is 5.79. The van der Waals surface area contributed by atoms with Crippen LogP contribution in [0.4, 0.5) is 14.5 Å². The third-order valence-electron chi connectivity index (χ3n) is 7.39. The lowest BCUT2D eigenvalue weighted by atomic mass is 9.38. The minimum absolute atomic E-state index is 0.0331. The molecule has 3 aromatic rings. The number of hydrogen-bond acceptors (Lipinski definition) is 6. The molecule has 8 nitrogen and oxygen atoms in total. The van der Waals surface area contributed by atoms with E-state index in [4.69, 9.17) is 5.26 Å². The first-order chi connectivity index (χ1) is 17.4. The van der Waals surface area contributed by atoms with Crippen molar-refractivity contribution in [3.63, 3.8) is 0 Å². The summed E-state index contributed by atoms with van der Waals surface area (Å²) in [6.07, 6.45) is 4.05. The third-order valence-corrected chi connectivity index (χ3v) is 7.39. The number of carbonyl (C=O) groups excluding carboxylic acids is 2. The Morgan fingerprint density at radius 1 is 1.24 bits per heavy atom. The van der Waals surface area contributed by atoms with Gasteiger partial charge in [0.25, 0.3) is 5.91 Å². The highest BCUT2D eigenvalue weighted by Gasteiger charge is 2.67. The molecule has 3 aliphatic rings. The minimum Gasteiger partial charge on any atom is -0.379 e. The molecule has 1 atom stereocenters. The van der Waals surface area contributed by atoms with E-state index >= 15 is 0 Å². The number of rotatable bonds is 9. The Kier molecular flexibility index (Phi) is 5.77. The van der Waals surface area contributed by atoms with E-state index in [0.29, 0.717) is 29.1 Å². The van der Waals surface area contributed by atoms with E-state index in [-0.39, 0.29) is 22.3 Å². The van der Waals surface area contributed by atoms with E-state index in [9.17, 15) is 18.4 Å². The number of nitrogens with zero attached hydrogens (tertiary/aromatic N) is 4. The number of anilines is 1. The summed E-state index contributed by atoms with van der Waals surface area (Å²) in [5.41, 5.74) is 0.861. The standard InChI is InChI=1S/C27H28F2N6O2/c1-16(36)8-26-13-27(14-26,15-26)34-20-7-21(22-5-4-18-6-17(9-30)10-33-35(18)22)31-11-19(20)24(37)32-12-23(28)25(2,3)29/h4-7,10-11,23H,8,12-15H2,1-3H3,(H,31,34)(H,32,37)/t23-,26?,27?/m1/s1. The van der Waals surface area contributed by atoms with E-state index in [1.165, 1.54) is 12.4 Å². The van der Waals surface area contributed by atoms with Crippen molar-refractivity contribution in [3.05, 3.63) is 47.8 Å². The molecule has 37 heavy (non-hydrogen) atoms. The number of aromatic nitrogens is 3. The predicted molar refractivity (Wildman–Crippen MR) is 133 cm³/mol. The van der Waals surface area contributed by atoms with Crippen molar-refractivity contribution in [3.8, 4) is 17.5 Å². The second kappa shape index (κ2) is 8.61. The van der Waals surface area contributed by atoms with Gasteiger partial charge >= 0.3 is 0 Å². The van der Waals surface area contributed by atoms with Crippen LogP contribution >= 0.6 is 0 Å². The summed E-state index contributed by atoms with van der Waals surface area (Å²) in [6.45, 7) is 3.39. The van der Waals surface area contributed by atoms with Gasteiger partial charge in [-0.15, -0.1) is 0 Å². The predicted octanol–water partition coefficient (Wildman–Crippen LogP) is 4.40. The lowest BCUT2D eigenvalue weighted by molar-refractivity contribution is -0.144. The van der Waals surface area contributed by atoms with Gasteiger partial charge in [0.1, 0.15) is 17.5 Å². The SMILES string of the molecule is CC(=O)CC12CC(Nc3cc(-c4ccc5cc(C#N)cnn45)ncc3C(=O)NC[C@@H](F)C(C)(C)F)(C1)C2. The van der Waals surface area contributed by atoms with Crippen molar-refractivity contribution in [1.29, 1.82) is 5.26 Å². The van der Waals surface area contributed by atoms with Gasteiger partial charge in [-0.25, -0.2) is 13.3 Å². The molecule has 2 bridgehead atoms. The maximum Gasteiger partial charge on any atom is 0.255 e. The first-order valence-electron chi connectivity index (χ1n) is 12.2. The van der Waals surface area contributed by atoms with Crippen molar-refractivity contribution in [2.45, 2.75) is 63.8 Å². The quantitative estimate of drug-likeness (QED) is 0.445. The summed E-state index contributed by atoms with van der Waals surface area (Å²) in [7, 11) is 0. The van der Waals surface area contributed by atoms with Crippen LogP contribution in [-0.2, 0) is 4.79 Å². The second-order valence-electron chi connectivity index (χ2n) is 11.1. The van der Waals surface area contributed by atoms with Crippen molar-refractivity contribution in [2.24, 2.45) is 5.41 Å². The molecular formula is C27H28F2N6O2. The molecule has 3 aromatic heterocycles. The van der Waals surface area contributed by atoms with Crippen LogP contribution in [0.2, 0.25) is 0 Å². The van der Waals surface area contributed by atoms with Crippen molar-refractivity contribution >= 4 is 22.9 Å². The second-order valence-corrected chi connectivity index (χ2v) is 11.1. The molecule has 10 heteroatoms. The highest BCUT2D eigenvalue weighted by atomic mass is 19.2. The number of hydrogen-bond donors (Lipinski definition) is 2. The van der Waals surface area contributed by atoms with Crippen LogP contribution in [0.5, 0.6) is 0 Å². The van der Waals surface area contributed by atoms with Gasteiger partial charge in [-0.3, -0.25) is 9.78 Å². The smallest absolute Gasteiger partial charge is 0.255 e. The summed E-state index contributed by atoms with van der Waals surface area (Å²) in [4.78, 5) is 29.1. The first kappa shape index (κ1) is 24.8. The zero-order valence-corrected chi connectivity index (χ0v) is 20.9. The van der Waals surface area contributed by atoms with E-state index in [1.807, 2.05) is 12.1 Å². The number of Topliss-reactive ketones (excluding diaryl/α,β-unsaturated/α-hetero) is 1. The molecule has 0 saturated heterocycles. The average Bonchev–Trinajstić information content (AvgIpc) is 3.22. The van der Waals surface area contributed by atoms with Crippen LogP contribution in [-0.4, -0.2) is 50.2 Å². The summed E-state index contributed by atoms with van der Waals surface area (Å²) in [5, 5.41) is 19.5. The lowest BCUT2D eigenvalue weighted by Gasteiger charge is -2.71. The molecule has 6 rings (SSSR count). The Morgan fingerprint density at radius 3 is 2.62 bits per heavy atom. The Bertz CT molecular complexity index is 1430. The first-order valence-corrected chi connectivity index (χ1v) is 12.2. The van der Waals surface area contributed by atoms with Gasteiger partial charge < -0.3 is 15.4 Å². The van der Waals surface area contributed by atoms with Crippen LogP contribution in [0.1, 0.15) is 62.4 Å². The van der Waals surface area contributed by atoms with Crippen LogP contribution in [0.15, 0.2) is 36.7 Å². The third kappa shape index (κ3) is 4.54. The van der Waals surface area contributed by atoms with Gasteiger partial charge in [-0.2, -0.15) is 10.4 Å². The Morgan fingerprint density at radius 2 is 1.97 bits per heavy atom. The molecule has 2 N–H and O–H groups in total. The van der Waals surface area contributed by atoms with Crippen molar-refractivity contribution < 1.29 is 18.4 Å². The Hall–Kier alpha value is -3.87. The lowest BCUT2D eigenvalue weighted by Crippen LogP contribution is -2.71. The molecule has 1 amide bonds. The van der Waals surface area contributed by atoms with Gasteiger partial charge in [-0.05, 0) is 69.7 Å². The number of pyridine rings is 1. The largest absolute Gasteiger partial charge is 0.379 e. The molecule has 0 aromatic carbocycles. The molecule has 192 valence electrons. The van der Waals surface area contributed by atoms with E-state index < -0.39 is 24.3 Å². The van der Waals surface area contributed by atoms with Gasteiger partial charge in [0, 0.05) is 18.2 Å². The molecule has 3 aliphatic carbocycles. The van der Waals surface area contributed by atoms with Crippen LogP contribution < -0.4 is 10.6 Å². The number of amides is 1. The number of ketones is 1. The van der Waals surface area contributed by atoms with Crippen LogP contribution in [0, 0.1) is 16.7 Å². The zero-order valence-electron chi connectivity index (χ0n) is 20.9.